The van der Waals surface area contributed by atoms with E-state index in [9.17, 15) is 14.4 Å². The van der Waals surface area contributed by atoms with Gasteiger partial charge in [-0.3, -0.25) is 9.59 Å². The molecule has 1 aliphatic heterocycles. The van der Waals surface area contributed by atoms with E-state index in [1.807, 2.05) is 6.92 Å². The molecule has 0 spiro atoms. The SMILES string of the molecule is CCCC1(C(=O)N[C@@H](CC(=O)OC)C(=O)O)CCNC1. The number of carbonyl (C=O) groups is 3. The predicted molar refractivity (Wildman–Crippen MR) is 71.0 cm³/mol. The summed E-state index contributed by atoms with van der Waals surface area (Å²) in [6.45, 7) is 3.26. The van der Waals surface area contributed by atoms with Gasteiger partial charge < -0.3 is 20.5 Å². The maximum atomic E-state index is 12.4. The number of ether oxygens (including phenoxy) is 1. The minimum absolute atomic E-state index is 0.305. The van der Waals surface area contributed by atoms with Crippen molar-refractivity contribution in [2.45, 2.75) is 38.6 Å². The Morgan fingerprint density at radius 2 is 2.15 bits per heavy atom. The molecule has 1 fully saturated rings. The summed E-state index contributed by atoms with van der Waals surface area (Å²) < 4.78 is 4.44. The topological polar surface area (TPSA) is 105 Å². The number of carbonyl (C=O) groups excluding carboxylic acids is 2. The smallest absolute Gasteiger partial charge is 0.326 e. The average Bonchev–Trinajstić information content (AvgIpc) is 2.87. The van der Waals surface area contributed by atoms with E-state index in [4.69, 9.17) is 5.11 Å². The number of carboxylic acids is 1. The van der Waals surface area contributed by atoms with Crippen molar-refractivity contribution in [2.75, 3.05) is 20.2 Å². The summed E-state index contributed by atoms with van der Waals surface area (Å²) in [4.78, 5) is 34.7. The number of hydrogen-bond acceptors (Lipinski definition) is 5. The minimum atomic E-state index is -1.25. The Hall–Kier alpha value is -1.63. The molecule has 7 heteroatoms. The van der Waals surface area contributed by atoms with E-state index in [-0.39, 0.29) is 12.3 Å². The van der Waals surface area contributed by atoms with Gasteiger partial charge in [0, 0.05) is 6.54 Å². The van der Waals surface area contributed by atoms with Gasteiger partial charge in [-0.05, 0) is 19.4 Å². The second kappa shape index (κ2) is 7.23. The molecular weight excluding hydrogens is 264 g/mol. The van der Waals surface area contributed by atoms with Gasteiger partial charge in [-0.25, -0.2) is 4.79 Å². The lowest BCUT2D eigenvalue weighted by molar-refractivity contribution is -0.149. The van der Waals surface area contributed by atoms with Gasteiger partial charge in [-0.15, -0.1) is 0 Å². The number of nitrogens with one attached hydrogen (secondary N) is 2. The van der Waals surface area contributed by atoms with E-state index < -0.39 is 23.4 Å². The summed E-state index contributed by atoms with van der Waals surface area (Å²) in [5.74, 6) is -2.20. The van der Waals surface area contributed by atoms with Crippen molar-refractivity contribution in [2.24, 2.45) is 5.41 Å². The molecule has 20 heavy (non-hydrogen) atoms. The second-order valence-electron chi connectivity index (χ2n) is 5.10. The highest BCUT2D eigenvalue weighted by atomic mass is 16.5. The van der Waals surface area contributed by atoms with Gasteiger partial charge >= 0.3 is 11.9 Å². The van der Waals surface area contributed by atoms with E-state index in [2.05, 4.69) is 15.4 Å². The lowest BCUT2D eigenvalue weighted by atomic mass is 9.81. The van der Waals surface area contributed by atoms with Crippen LogP contribution < -0.4 is 10.6 Å². The first-order valence-electron chi connectivity index (χ1n) is 6.76. The van der Waals surface area contributed by atoms with Crippen LogP contribution in [0.25, 0.3) is 0 Å². The number of rotatable bonds is 7. The molecular formula is C13H22N2O5. The molecule has 2 atom stereocenters. The number of esters is 1. The zero-order valence-electron chi connectivity index (χ0n) is 11.9. The van der Waals surface area contributed by atoms with Crippen LogP contribution in [0.2, 0.25) is 0 Å². The normalized spacial score (nSPS) is 23.1. The molecule has 1 amide bonds. The molecule has 1 heterocycles. The number of hydrogen-bond donors (Lipinski definition) is 3. The van der Waals surface area contributed by atoms with Crippen LogP contribution in [0.1, 0.15) is 32.6 Å². The fraction of sp³-hybridized carbons (Fsp3) is 0.769. The van der Waals surface area contributed by atoms with Crippen LogP contribution >= 0.6 is 0 Å². The van der Waals surface area contributed by atoms with E-state index in [1.165, 1.54) is 7.11 Å². The van der Waals surface area contributed by atoms with Crippen LogP contribution in [-0.4, -0.2) is 49.2 Å². The van der Waals surface area contributed by atoms with Gasteiger partial charge in [0.05, 0.1) is 18.9 Å². The van der Waals surface area contributed by atoms with E-state index in [0.29, 0.717) is 19.4 Å². The predicted octanol–water partition coefficient (Wildman–Crippen LogP) is -0.101. The van der Waals surface area contributed by atoms with Gasteiger partial charge in [0.1, 0.15) is 6.04 Å². The largest absolute Gasteiger partial charge is 0.480 e. The monoisotopic (exact) mass is 286 g/mol. The van der Waals surface area contributed by atoms with Crippen LogP contribution in [0.4, 0.5) is 0 Å². The molecule has 0 aromatic heterocycles. The van der Waals surface area contributed by atoms with Crippen molar-refractivity contribution < 1.29 is 24.2 Å². The zero-order valence-corrected chi connectivity index (χ0v) is 11.9. The van der Waals surface area contributed by atoms with Crippen molar-refractivity contribution >= 4 is 17.8 Å². The Balaban J connectivity index is 2.73. The Kier molecular flexibility index (Phi) is 5.94. The Bertz CT molecular complexity index is 377. The van der Waals surface area contributed by atoms with Crippen LogP contribution in [0.5, 0.6) is 0 Å². The molecule has 1 aliphatic rings. The summed E-state index contributed by atoms with van der Waals surface area (Å²) in [7, 11) is 1.18. The van der Waals surface area contributed by atoms with Crippen molar-refractivity contribution in [3.8, 4) is 0 Å². The number of amides is 1. The highest BCUT2D eigenvalue weighted by Crippen LogP contribution is 2.31. The third-order valence-electron chi connectivity index (χ3n) is 3.66. The van der Waals surface area contributed by atoms with Crippen molar-refractivity contribution in [1.82, 2.24) is 10.6 Å². The molecule has 0 aromatic carbocycles. The van der Waals surface area contributed by atoms with Crippen molar-refractivity contribution in [3.05, 3.63) is 0 Å². The molecule has 1 unspecified atom stereocenters. The summed E-state index contributed by atoms with van der Waals surface area (Å²) in [5.41, 5.74) is -0.571. The molecule has 1 rings (SSSR count). The Labute approximate surface area is 118 Å². The molecule has 0 radical (unpaired) electrons. The van der Waals surface area contributed by atoms with Gasteiger partial charge in [-0.1, -0.05) is 13.3 Å². The lowest BCUT2D eigenvalue weighted by Gasteiger charge is -2.28. The van der Waals surface area contributed by atoms with Crippen LogP contribution in [-0.2, 0) is 19.1 Å². The van der Waals surface area contributed by atoms with E-state index in [0.717, 1.165) is 13.0 Å². The molecule has 0 aliphatic carbocycles. The highest BCUT2D eigenvalue weighted by Gasteiger charge is 2.41. The zero-order chi connectivity index (χ0) is 15.2. The molecule has 114 valence electrons. The summed E-state index contributed by atoms with van der Waals surface area (Å²) in [6.07, 6.45) is 1.84. The van der Waals surface area contributed by atoms with E-state index >= 15 is 0 Å². The summed E-state index contributed by atoms with van der Waals surface area (Å²) in [5, 5.41) is 14.7. The molecule has 3 N–H and O–H groups in total. The third-order valence-corrected chi connectivity index (χ3v) is 3.66. The fourth-order valence-corrected chi connectivity index (χ4v) is 2.50. The quantitative estimate of drug-likeness (QED) is 0.564. The van der Waals surface area contributed by atoms with Gasteiger partial charge in [0.25, 0.3) is 0 Å². The van der Waals surface area contributed by atoms with Gasteiger partial charge in [-0.2, -0.15) is 0 Å². The summed E-state index contributed by atoms with van der Waals surface area (Å²) in [6, 6.07) is -1.25. The maximum Gasteiger partial charge on any atom is 0.326 e. The molecule has 0 saturated carbocycles. The first-order chi connectivity index (χ1) is 9.45. The fourth-order valence-electron chi connectivity index (χ4n) is 2.50. The minimum Gasteiger partial charge on any atom is -0.480 e. The number of methoxy groups -OCH3 is 1. The first-order valence-corrected chi connectivity index (χ1v) is 6.76. The Morgan fingerprint density at radius 1 is 1.45 bits per heavy atom. The first kappa shape index (κ1) is 16.4. The van der Waals surface area contributed by atoms with Gasteiger partial charge in [0.15, 0.2) is 0 Å². The van der Waals surface area contributed by atoms with Crippen LogP contribution in [0.3, 0.4) is 0 Å². The number of carboxylic acid groups (broad SMARTS) is 1. The Morgan fingerprint density at radius 3 is 2.60 bits per heavy atom. The van der Waals surface area contributed by atoms with Crippen LogP contribution in [0, 0.1) is 5.41 Å². The number of aliphatic carboxylic acids is 1. The molecule has 7 nitrogen and oxygen atoms in total. The molecule has 0 aromatic rings. The summed E-state index contributed by atoms with van der Waals surface area (Å²) >= 11 is 0. The second-order valence-corrected chi connectivity index (χ2v) is 5.10. The van der Waals surface area contributed by atoms with Gasteiger partial charge in [0.2, 0.25) is 5.91 Å². The van der Waals surface area contributed by atoms with Crippen LogP contribution in [0.15, 0.2) is 0 Å². The van der Waals surface area contributed by atoms with Crippen molar-refractivity contribution in [1.29, 1.82) is 0 Å². The maximum absolute atomic E-state index is 12.4. The van der Waals surface area contributed by atoms with Crippen molar-refractivity contribution in [3.63, 3.8) is 0 Å². The average molecular weight is 286 g/mol. The standard InChI is InChI=1S/C13H22N2O5/c1-3-4-13(5-6-14-8-13)12(19)15-9(11(17)18)7-10(16)20-2/h9,14H,3-8H2,1-2H3,(H,15,19)(H,17,18)/t9-,13?/m0/s1. The van der Waals surface area contributed by atoms with E-state index in [1.54, 1.807) is 0 Å². The lowest BCUT2D eigenvalue weighted by Crippen LogP contribution is -2.50. The third kappa shape index (κ3) is 3.93. The molecule has 1 saturated heterocycles. The highest BCUT2D eigenvalue weighted by molar-refractivity contribution is 5.90. The molecule has 0 bridgehead atoms.